The molecule has 1 aromatic carbocycles. The highest BCUT2D eigenvalue weighted by molar-refractivity contribution is 5.32. The van der Waals surface area contributed by atoms with E-state index in [2.05, 4.69) is 10.3 Å². The van der Waals surface area contributed by atoms with Gasteiger partial charge in [-0.05, 0) is 24.9 Å². The van der Waals surface area contributed by atoms with Gasteiger partial charge in [0.05, 0.1) is 17.2 Å². The van der Waals surface area contributed by atoms with Crippen LogP contribution in [0.1, 0.15) is 17.7 Å². The Hall–Kier alpha value is -2.28. The molecule has 19 heavy (non-hydrogen) atoms. The largest absolute Gasteiger partial charge is 0.330 e. The fourth-order valence-corrected chi connectivity index (χ4v) is 1.72. The van der Waals surface area contributed by atoms with Crippen molar-refractivity contribution in [3.8, 4) is 0 Å². The summed E-state index contributed by atoms with van der Waals surface area (Å²) in [5.41, 5.74) is 7.38. The van der Waals surface area contributed by atoms with Crippen LogP contribution in [0.3, 0.4) is 0 Å². The number of rotatable bonds is 6. The van der Waals surface area contributed by atoms with Crippen LogP contribution in [-0.4, -0.2) is 26.5 Å². The lowest BCUT2D eigenvalue weighted by atomic mass is 10.2. The van der Waals surface area contributed by atoms with Crippen LogP contribution in [0, 0.1) is 10.1 Å². The summed E-state index contributed by atoms with van der Waals surface area (Å²) in [4.78, 5) is 10.1. The third kappa shape index (κ3) is 3.59. The van der Waals surface area contributed by atoms with Gasteiger partial charge in [-0.1, -0.05) is 17.3 Å². The monoisotopic (exact) mass is 261 g/mol. The minimum Gasteiger partial charge on any atom is -0.330 e. The predicted octanol–water partition coefficient (Wildman–Crippen LogP) is 1.13. The van der Waals surface area contributed by atoms with Gasteiger partial charge in [0.2, 0.25) is 0 Å². The smallest absolute Gasteiger partial charge is 0.269 e. The molecule has 2 N–H and O–H groups in total. The van der Waals surface area contributed by atoms with Crippen LogP contribution in [0.5, 0.6) is 0 Å². The van der Waals surface area contributed by atoms with Gasteiger partial charge < -0.3 is 5.73 Å². The highest BCUT2D eigenvalue weighted by Gasteiger charge is 2.05. The van der Waals surface area contributed by atoms with Crippen molar-refractivity contribution in [1.82, 2.24) is 15.0 Å². The van der Waals surface area contributed by atoms with Gasteiger partial charge in [0.15, 0.2) is 0 Å². The average Bonchev–Trinajstić information content (AvgIpc) is 2.84. The predicted molar refractivity (Wildman–Crippen MR) is 69.6 cm³/mol. The first-order chi connectivity index (χ1) is 9.19. The van der Waals surface area contributed by atoms with E-state index in [1.54, 1.807) is 16.8 Å². The molecule has 0 saturated carbocycles. The number of aryl methyl sites for hydroxylation is 1. The van der Waals surface area contributed by atoms with Gasteiger partial charge in [-0.25, -0.2) is 4.68 Å². The maximum Gasteiger partial charge on any atom is 0.269 e. The number of nitrogens with zero attached hydrogens (tertiary/aromatic N) is 4. The number of nitro groups is 1. The van der Waals surface area contributed by atoms with Crippen molar-refractivity contribution in [3.05, 3.63) is 51.8 Å². The Morgan fingerprint density at radius 2 is 2.05 bits per heavy atom. The molecule has 0 aliphatic carbocycles. The zero-order chi connectivity index (χ0) is 13.7. The molecule has 1 heterocycles. The molecule has 0 aliphatic rings. The van der Waals surface area contributed by atoms with Gasteiger partial charge in [0.25, 0.3) is 5.69 Å². The summed E-state index contributed by atoms with van der Waals surface area (Å²) in [6, 6.07) is 6.42. The summed E-state index contributed by atoms with van der Waals surface area (Å²) in [6.07, 6.45) is 3.57. The van der Waals surface area contributed by atoms with Crippen LogP contribution < -0.4 is 5.73 Å². The molecular weight excluding hydrogens is 246 g/mol. The van der Waals surface area contributed by atoms with Crippen LogP contribution in [0.4, 0.5) is 5.69 Å². The van der Waals surface area contributed by atoms with Crippen molar-refractivity contribution in [2.75, 3.05) is 6.54 Å². The lowest BCUT2D eigenvalue weighted by molar-refractivity contribution is -0.384. The first-order valence-electron chi connectivity index (χ1n) is 6.01. The van der Waals surface area contributed by atoms with Crippen LogP contribution in [0.2, 0.25) is 0 Å². The molecule has 0 fully saturated rings. The van der Waals surface area contributed by atoms with E-state index in [1.807, 2.05) is 6.20 Å². The van der Waals surface area contributed by atoms with Crippen LogP contribution in [0.15, 0.2) is 30.5 Å². The van der Waals surface area contributed by atoms with E-state index >= 15 is 0 Å². The summed E-state index contributed by atoms with van der Waals surface area (Å²) in [6.45, 7) is 1.18. The maximum atomic E-state index is 10.5. The first-order valence-corrected chi connectivity index (χ1v) is 6.01. The van der Waals surface area contributed by atoms with E-state index in [9.17, 15) is 10.1 Å². The number of nitro benzene ring substituents is 1. The Morgan fingerprint density at radius 1 is 1.32 bits per heavy atom. The highest BCUT2D eigenvalue weighted by atomic mass is 16.6. The molecule has 7 heteroatoms. The zero-order valence-electron chi connectivity index (χ0n) is 10.4. The fraction of sp³-hybridized carbons (Fsp3) is 0.333. The second-order valence-corrected chi connectivity index (χ2v) is 4.22. The molecule has 2 rings (SSSR count). The van der Waals surface area contributed by atoms with E-state index in [0.717, 1.165) is 24.1 Å². The summed E-state index contributed by atoms with van der Waals surface area (Å²) in [5, 5.41) is 18.6. The number of nitrogens with two attached hydrogens (primary N) is 1. The van der Waals surface area contributed by atoms with Gasteiger partial charge in [0.1, 0.15) is 0 Å². The van der Waals surface area contributed by atoms with Gasteiger partial charge in [-0.15, -0.1) is 5.10 Å². The number of hydrogen-bond acceptors (Lipinski definition) is 5. The molecule has 1 aromatic heterocycles. The Bertz CT molecular complexity index is 550. The normalized spacial score (nSPS) is 10.6. The molecular formula is C12H15N5O2. The molecule has 2 aromatic rings. The molecule has 0 spiro atoms. The van der Waals surface area contributed by atoms with Gasteiger partial charge in [0, 0.05) is 18.3 Å². The molecule has 7 nitrogen and oxygen atoms in total. The van der Waals surface area contributed by atoms with E-state index in [1.165, 1.54) is 12.1 Å². The number of hydrogen-bond donors (Lipinski definition) is 1. The number of benzene rings is 1. The van der Waals surface area contributed by atoms with E-state index < -0.39 is 4.92 Å². The second-order valence-electron chi connectivity index (χ2n) is 4.22. The maximum absolute atomic E-state index is 10.5. The molecule has 0 saturated heterocycles. The molecule has 100 valence electrons. The lowest BCUT2D eigenvalue weighted by Crippen LogP contribution is -2.01. The third-order valence-electron chi connectivity index (χ3n) is 2.71. The summed E-state index contributed by atoms with van der Waals surface area (Å²) >= 11 is 0. The molecule has 0 atom stereocenters. The fourth-order valence-electron chi connectivity index (χ4n) is 1.72. The van der Waals surface area contributed by atoms with Crippen molar-refractivity contribution >= 4 is 5.69 Å². The average molecular weight is 261 g/mol. The van der Waals surface area contributed by atoms with Gasteiger partial charge >= 0.3 is 0 Å². The zero-order valence-corrected chi connectivity index (χ0v) is 10.4. The standard InChI is InChI=1S/C12H15N5O2/c13-7-1-2-11-9-16(15-14-11)8-10-3-5-12(6-4-10)17(18)19/h3-6,9H,1-2,7-8,13H2. The van der Waals surface area contributed by atoms with Crippen molar-refractivity contribution in [2.45, 2.75) is 19.4 Å². The quantitative estimate of drug-likeness (QED) is 0.620. The van der Waals surface area contributed by atoms with Crippen LogP contribution in [-0.2, 0) is 13.0 Å². The summed E-state index contributed by atoms with van der Waals surface area (Å²) in [7, 11) is 0. The number of aromatic nitrogens is 3. The van der Waals surface area contributed by atoms with Crippen LogP contribution in [0.25, 0.3) is 0 Å². The Kier molecular flexibility index (Phi) is 4.19. The minimum absolute atomic E-state index is 0.0889. The third-order valence-corrected chi connectivity index (χ3v) is 2.71. The molecule has 0 radical (unpaired) electrons. The Balaban J connectivity index is 2.00. The minimum atomic E-state index is -0.413. The van der Waals surface area contributed by atoms with E-state index in [4.69, 9.17) is 5.73 Å². The summed E-state index contributed by atoms with van der Waals surface area (Å²) in [5.74, 6) is 0. The molecule has 0 aliphatic heterocycles. The Morgan fingerprint density at radius 3 is 2.68 bits per heavy atom. The number of non-ortho nitro benzene ring substituents is 1. The lowest BCUT2D eigenvalue weighted by Gasteiger charge is -2.00. The van der Waals surface area contributed by atoms with E-state index in [0.29, 0.717) is 13.1 Å². The second kappa shape index (κ2) is 6.05. The Labute approximate surface area is 110 Å². The van der Waals surface area contributed by atoms with Gasteiger partial charge in [-0.3, -0.25) is 10.1 Å². The topological polar surface area (TPSA) is 99.9 Å². The SMILES string of the molecule is NCCCc1cn(Cc2ccc([N+](=O)[O-])cc2)nn1. The van der Waals surface area contributed by atoms with Crippen molar-refractivity contribution < 1.29 is 4.92 Å². The summed E-state index contributed by atoms with van der Waals surface area (Å²) < 4.78 is 1.72. The van der Waals surface area contributed by atoms with Gasteiger partial charge in [-0.2, -0.15) is 0 Å². The van der Waals surface area contributed by atoms with Crippen molar-refractivity contribution in [3.63, 3.8) is 0 Å². The van der Waals surface area contributed by atoms with Crippen molar-refractivity contribution in [2.24, 2.45) is 5.73 Å². The van der Waals surface area contributed by atoms with E-state index in [-0.39, 0.29) is 5.69 Å². The molecule has 0 unspecified atom stereocenters. The van der Waals surface area contributed by atoms with Crippen LogP contribution >= 0.6 is 0 Å². The van der Waals surface area contributed by atoms with Crippen molar-refractivity contribution in [1.29, 1.82) is 0 Å². The molecule has 0 bridgehead atoms. The first kappa shape index (κ1) is 13.2. The highest BCUT2D eigenvalue weighted by Crippen LogP contribution is 2.12. The molecule has 0 amide bonds.